The lowest BCUT2D eigenvalue weighted by atomic mass is 9.72. The molecule has 0 bridgehead atoms. The molecule has 9 nitrogen and oxygen atoms in total. The summed E-state index contributed by atoms with van der Waals surface area (Å²) in [5, 5.41) is 11.8. The van der Waals surface area contributed by atoms with Crippen molar-refractivity contribution >= 4 is 18.0 Å². The maximum Gasteiger partial charge on any atom is 0.336 e. The molecule has 0 aromatic rings. The van der Waals surface area contributed by atoms with E-state index >= 15 is 0 Å². The molecule has 2 heterocycles. The molecule has 1 saturated heterocycles. The molecule has 2 aliphatic heterocycles. The first-order chi connectivity index (χ1) is 9.70. The van der Waals surface area contributed by atoms with Gasteiger partial charge in [-0.3, -0.25) is 9.80 Å². The van der Waals surface area contributed by atoms with E-state index in [9.17, 15) is 19.5 Å². The number of esters is 2. The minimum absolute atomic E-state index is 0.0488. The molecule has 0 unspecified atom stereocenters. The Morgan fingerprint density at radius 3 is 2.57 bits per heavy atom. The van der Waals surface area contributed by atoms with E-state index in [0.717, 1.165) is 12.1 Å². The van der Waals surface area contributed by atoms with Crippen molar-refractivity contribution in [3.8, 4) is 0 Å². The van der Waals surface area contributed by atoms with Gasteiger partial charge >= 0.3 is 18.0 Å². The molecular formula is C12H17N3O6. The largest absolute Gasteiger partial charge is 0.466 e. The maximum absolute atomic E-state index is 12.2. The molecule has 2 atom stereocenters. The molecule has 116 valence electrons. The smallest absolute Gasteiger partial charge is 0.336 e. The summed E-state index contributed by atoms with van der Waals surface area (Å²) in [6.07, 6.45) is 0.0809. The number of amides is 2. The quantitative estimate of drug-likeness (QED) is 0.556. The van der Waals surface area contributed by atoms with Gasteiger partial charge in [-0.2, -0.15) is 0 Å². The van der Waals surface area contributed by atoms with Gasteiger partial charge in [-0.25, -0.2) is 15.0 Å². The van der Waals surface area contributed by atoms with Gasteiger partial charge in [0.2, 0.25) is 0 Å². The fourth-order valence-corrected chi connectivity index (χ4v) is 3.08. The number of hydrogen-bond acceptors (Lipinski definition) is 7. The number of hydrogen-bond donors (Lipinski definition) is 3. The fraction of sp³-hybridized carbons (Fsp3) is 0.583. The third-order valence-corrected chi connectivity index (χ3v) is 4.04. The second-order valence-corrected chi connectivity index (χ2v) is 5.08. The van der Waals surface area contributed by atoms with Gasteiger partial charge in [-0.05, 0) is 13.8 Å². The predicted molar refractivity (Wildman–Crippen MR) is 67.9 cm³/mol. The molecule has 0 aromatic carbocycles. The van der Waals surface area contributed by atoms with E-state index in [2.05, 4.69) is 5.43 Å². The van der Waals surface area contributed by atoms with Crippen LogP contribution in [0, 0.1) is 5.41 Å². The van der Waals surface area contributed by atoms with Crippen molar-refractivity contribution < 1.29 is 29.0 Å². The van der Waals surface area contributed by atoms with E-state index in [0.29, 0.717) is 0 Å². The molecule has 2 amide bonds. The van der Waals surface area contributed by atoms with Crippen LogP contribution in [0.5, 0.6) is 0 Å². The van der Waals surface area contributed by atoms with Gasteiger partial charge in [0.25, 0.3) is 0 Å². The molecule has 1 spiro atoms. The number of primary amides is 1. The van der Waals surface area contributed by atoms with Crippen molar-refractivity contribution in [2.45, 2.75) is 26.0 Å². The zero-order chi connectivity index (χ0) is 16.0. The summed E-state index contributed by atoms with van der Waals surface area (Å²) in [6.45, 7) is 2.82. The lowest BCUT2D eigenvalue weighted by molar-refractivity contribution is -0.177. The van der Waals surface area contributed by atoms with Crippen molar-refractivity contribution in [3.63, 3.8) is 0 Å². The van der Waals surface area contributed by atoms with Crippen LogP contribution in [0.2, 0.25) is 0 Å². The highest BCUT2D eigenvalue weighted by Crippen LogP contribution is 2.54. The Morgan fingerprint density at radius 1 is 1.52 bits per heavy atom. The second-order valence-electron chi connectivity index (χ2n) is 5.08. The number of aliphatic hydroxyl groups is 1. The van der Waals surface area contributed by atoms with Gasteiger partial charge in [0.05, 0.1) is 19.3 Å². The molecule has 2 aliphatic rings. The number of nitrogens with zero attached hydrogens (tertiary/aromatic N) is 1. The first-order valence-corrected chi connectivity index (χ1v) is 6.25. The Balaban J connectivity index is 2.65. The van der Waals surface area contributed by atoms with Gasteiger partial charge in [0.1, 0.15) is 0 Å². The van der Waals surface area contributed by atoms with Crippen molar-refractivity contribution in [2.24, 2.45) is 11.1 Å². The van der Waals surface area contributed by atoms with Crippen LogP contribution < -0.4 is 11.2 Å². The number of urea groups is 1. The first kappa shape index (κ1) is 15.1. The molecule has 0 aliphatic carbocycles. The highest BCUT2D eigenvalue weighted by Gasteiger charge is 2.69. The predicted octanol–water partition coefficient (Wildman–Crippen LogP) is -1.03. The third kappa shape index (κ3) is 1.77. The minimum Gasteiger partial charge on any atom is -0.466 e. The number of nitrogens with two attached hydrogens (primary N) is 1. The molecule has 9 heteroatoms. The summed E-state index contributed by atoms with van der Waals surface area (Å²) < 4.78 is 9.64. The topological polar surface area (TPSA) is 131 Å². The monoisotopic (exact) mass is 299 g/mol. The van der Waals surface area contributed by atoms with Crippen molar-refractivity contribution in [1.29, 1.82) is 0 Å². The number of methoxy groups -OCH3 is 1. The lowest BCUT2D eigenvalue weighted by Gasteiger charge is -2.40. The SMILES string of the molecule is COC(=O)C1=C(C)N(NC(N)=O)[C@](C)(O)[C@@]12CCOC2=O. The highest BCUT2D eigenvalue weighted by molar-refractivity contribution is 6.01. The Labute approximate surface area is 120 Å². The van der Waals surface area contributed by atoms with E-state index in [4.69, 9.17) is 15.2 Å². The summed E-state index contributed by atoms with van der Waals surface area (Å²) in [4.78, 5) is 35.4. The molecule has 0 radical (unpaired) electrons. The number of hydrazine groups is 1. The van der Waals surface area contributed by atoms with Crippen LogP contribution in [-0.2, 0) is 19.1 Å². The van der Waals surface area contributed by atoms with Crippen LogP contribution >= 0.6 is 0 Å². The third-order valence-electron chi connectivity index (χ3n) is 4.04. The van der Waals surface area contributed by atoms with Gasteiger partial charge in [-0.1, -0.05) is 0 Å². The number of cyclic esters (lactones) is 1. The summed E-state index contributed by atoms with van der Waals surface area (Å²) >= 11 is 0. The van der Waals surface area contributed by atoms with Gasteiger partial charge in [-0.15, -0.1) is 0 Å². The summed E-state index contributed by atoms with van der Waals surface area (Å²) in [6, 6.07) is -0.942. The van der Waals surface area contributed by atoms with E-state index in [1.165, 1.54) is 13.8 Å². The number of carbonyl (C=O) groups excluding carboxylic acids is 3. The molecule has 21 heavy (non-hydrogen) atoms. The minimum atomic E-state index is -1.91. The van der Waals surface area contributed by atoms with Crippen LogP contribution in [-0.4, -0.2) is 47.5 Å². The second kappa shape index (κ2) is 4.62. The molecule has 4 N–H and O–H groups in total. The van der Waals surface area contributed by atoms with Crippen LogP contribution in [0.25, 0.3) is 0 Å². The van der Waals surface area contributed by atoms with Gasteiger partial charge in [0.15, 0.2) is 11.1 Å². The summed E-state index contributed by atoms with van der Waals surface area (Å²) in [5.74, 6) is -1.53. The number of carbonyl (C=O) groups is 3. The first-order valence-electron chi connectivity index (χ1n) is 6.25. The standard InChI is InChI=1S/C12H17N3O6/c1-6-7(8(16)20-3)12(4-5-21-9(12)17)11(2,19)15(6)14-10(13)18/h19H,4-5H2,1-3H3,(H3,13,14,18)/t11-,12+/m1/s1. The highest BCUT2D eigenvalue weighted by atomic mass is 16.5. The van der Waals surface area contributed by atoms with E-state index in [1.807, 2.05) is 0 Å². The Kier molecular flexibility index (Phi) is 3.32. The van der Waals surface area contributed by atoms with Crippen LogP contribution in [0.4, 0.5) is 4.79 Å². The Morgan fingerprint density at radius 2 is 2.14 bits per heavy atom. The van der Waals surface area contributed by atoms with Crippen molar-refractivity contribution in [3.05, 3.63) is 11.3 Å². The number of ether oxygens (including phenoxy) is 2. The normalized spacial score (nSPS) is 31.6. The summed E-state index contributed by atoms with van der Waals surface area (Å²) in [7, 11) is 1.16. The van der Waals surface area contributed by atoms with Crippen LogP contribution in [0.3, 0.4) is 0 Å². The molecular weight excluding hydrogens is 282 g/mol. The van der Waals surface area contributed by atoms with Crippen LogP contribution in [0.15, 0.2) is 11.3 Å². The zero-order valence-electron chi connectivity index (χ0n) is 11.9. The molecule has 0 saturated carbocycles. The summed E-state index contributed by atoms with van der Waals surface area (Å²) in [5.41, 5.74) is 3.86. The Hall–Kier alpha value is -2.29. The van der Waals surface area contributed by atoms with Crippen LogP contribution in [0.1, 0.15) is 20.3 Å². The fourth-order valence-electron chi connectivity index (χ4n) is 3.08. The molecule has 1 fully saturated rings. The average molecular weight is 299 g/mol. The molecule has 0 aromatic heterocycles. The molecule has 2 rings (SSSR count). The van der Waals surface area contributed by atoms with E-state index in [1.54, 1.807) is 0 Å². The lowest BCUT2D eigenvalue weighted by Crippen LogP contribution is -2.61. The van der Waals surface area contributed by atoms with E-state index in [-0.39, 0.29) is 24.3 Å². The average Bonchev–Trinajstić information content (AvgIpc) is 2.84. The van der Waals surface area contributed by atoms with Gasteiger partial charge < -0.3 is 20.3 Å². The van der Waals surface area contributed by atoms with Crippen molar-refractivity contribution in [1.82, 2.24) is 10.4 Å². The zero-order valence-corrected chi connectivity index (χ0v) is 11.9. The number of rotatable bonds is 2. The Bertz CT molecular complexity index is 555. The number of nitrogens with one attached hydrogen (secondary N) is 1. The van der Waals surface area contributed by atoms with Gasteiger partial charge in [0, 0.05) is 12.1 Å². The maximum atomic E-state index is 12.2. The van der Waals surface area contributed by atoms with E-state index < -0.39 is 29.1 Å². The van der Waals surface area contributed by atoms with Crippen molar-refractivity contribution in [2.75, 3.05) is 13.7 Å². The number of allylic oxidation sites excluding steroid dienone is 1.